The van der Waals surface area contributed by atoms with Gasteiger partial charge in [0.25, 0.3) is 0 Å². The van der Waals surface area contributed by atoms with Crippen LogP contribution in [0.1, 0.15) is 25.7 Å². The fourth-order valence-corrected chi connectivity index (χ4v) is 1.85. The minimum absolute atomic E-state index is 0.300. The highest BCUT2D eigenvalue weighted by Crippen LogP contribution is 2.37. The number of halogens is 3. The van der Waals surface area contributed by atoms with Crippen LogP contribution in [-0.2, 0) is 4.79 Å². The summed E-state index contributed by atoms with van der Waals surface area (Å²) in [6, 6.07) is 0. The Hall–Kier alpha value is -0.740. The van der Waals surface area contributed by atoms with Crippen LogP contribution in [0.2, 0.25) is 0 Å². The van der Waals surface area contributed by atoms with Crippen LogP contribution in [0.15, 0.2) is 0 Å². The lowest BCUT2D eigenvalue weighted by Gasteiger charge is -2.12. The Kier molecular flexibility index (Phi) is 2.83. The first-order valence-electron chi connectivity index (χ1n) is 4.24. The van der Waals surface area contributed by atoms with Gasteiger partial charge in [-0.3, -0.25) is 4.79 Å². The molecule has 1 saturated carbocycles. The van der Waals surface area contributed by atoms with Gasteiger partial charge in [0, 0.05) is 12.3 Å². The first-order valence-corrected chi connectivity index (χ1v) is 4.24. The third kappa shape index (κ3) is 3.24. The Morgan fingerprint density at radius 2 is 2.00 bits per heavy atom. The van der Waals surface area contributed by atoms with Crippen molar-refractivity contribution < 1.29 is 18.0 Å². The average molecular weight is 195 g/mol. The lowest BCUT2D eigenvalue weighted by atomic mass is 10.0. The van der Waals surface area contributed by atoms with Crippen LogP contribution in [0.3, 0.4) is 0 Å². The third-order valence-electron chi connectivity index (χ3n) is 2.46. The maximum Gasteiger partial charge on any atom is 0.389 e. The summed E-state index contributed by atoms with van der Waals surface area (Å²) in [7, 11) is 0. The van der Waals surface area contributed by atoms with Crippen molar-refractivity contribution in [1.82, 2.24) is 0 Å². The van der Waals surface area contributed by atoms with Crippen LogP contribution in [-0.4, -0.2) is 12.1 Å². The van der Waals surface area contributed by atoms with Gasteiger partial charge >= 0.3 is 6.18 Å². The van der Waals surface area contributed by atoms with Crippen molar-refractivity contribution in [1.29, 1.82) is 0 Å². The monoisotopic (exact) mass is 195 g/mol. The summed E-state index contributed by atoms with van der Waals surface area (Å²) in [6.07, 6.45) is -3.62. The van der Waals surface area contributed by atoms with Gasteiger partial charge in [-0.2, -0.15) is 13.2 Å². The Balaban J connectivity index is 2.38. The van der Waals surface area contributed by atoms with E-state index in [2.05, 4.69) is 0 Å². The lowest BCUT2D eigenvalue weighted by Crippen LogP contribution is -2.21. The van der Waals surface area contributed by atoms with E-state index in [9.17, 15) is 18.0 Å². The average Bonchev–Trinajstić information content (AvgIpc) is 2.31. The van der Waals surface area contributed by atoms with Crippen LogP contribution in [0.4, 0.5) is 13.2 Å². The van der Waals surface area contributed by atoms with Gasteiger partial charge in [0.1, 0.15) is 0 Å². The zero-order valence-corrected chi connectivity index (χ0v) is 7.10. The summed E-state index contributed by atoms with van der Waals surface area (Å²) in [5.74, 6) is -1.21. The molecule has 2 unspecified atom stereocenters. The van der Waals surface area contributed by atoms with Gasteiger partial charge < -0.3 is 5.73 Å². The SMILES string of the molecule is NC(=O)C1CCC(CC(F)(F)F)C1. The second-order valence-electron chi connectivity index (χ2n) is 3.60. The molecule has 0 spiro atoms. The minimum atomic E-state index is -4.11. The van der Waals surface area contributed by atoms with Crippen LogP contribution in [0, 0.1) is 11.8 Å². The molecule has 0 aromatic heterocycles. The number of carbonyl (C=O) groups excluding carboxylic acids is 1. The minimum Gasteiger partial charge on any atom is -0.369 e. The van der Waals surface area contributed by atoms with Crippen molar-refractivity contribution >= 4 is 5.91 Å². The number of hydrogen-bond acceptors (Lipinski definition) is 1. The number of amides is 1. The van der Waals surface area contributed by atoms with Crippen molar-refractivity contribution in [3.05, 3.63) is 0 Å². The molecular formula is C8H12F3NO. The Morgan fingerprint density at radius 1 is 1.38 bits per heavy atom. The van der Waals surface area contributed by atoms with Crippen LogP contribution in [0.25, 0.3) is 0 Å². The molecule has 2 nitrogen and oxygen atoms in total. The molecule has 0 aromatic rings. The van der Waals surface area contributed by atoms with Crippen molar-refractivity contribution in [2.75, 3.05) is 0 Å². The van der Waals surface area contributed by atoms with E-state index >= 15 is 0 Å². The largest absolute Gasteiger partial charge is 0.389 e. The van der Waals surface area contributed by atoms with Gasteiger partial charge in [0.05, 0.1) is 0 Å². The number of hydrogen-bond donors (Lipinski definition) is 1. The molecule has 0 saturated heterocycles. The van der Waals surface area contributed by atoms with E-state index in [1.54, 1.807) is 0 Å². The molecule has 1 fully saturated rings. The van der Waals surface area contributed by atoms with Gasteiger partial charge in [-0.1, -0.05) is 0 Å². The molecular weight excluding hydrogens is 183 g/mol. The van der Waals surface area contributed by atoms with Gasteiger partial charge in [-0.05, 0) is 25.2 Å². The first kappa shape index (κ1) is 10.3. The quantitative estimate of drug-likeness (QED) is 0.717. The van der Waals surface area contributed by atoms with E-state index in [1.165, 1.54) is 0 Å². The van der Waals surface area contributed by atoms with Gasteiger partial charge in [0.15, 0.2) is 0 Å². The molecule has 1 aliphatic carbocycles. The maximum atomic E-state index is 11.9. The summed E-state index contributed by atoms with van der Waals surface area (Å²) in [5, 5.41) is 0. The standard InChI is InChI=1S/C8H12F3NO/c9-8(10,11)4-5-1-2-6(3-5)7(12)13/h5-6H,1-4H2,(H2,12,13). The van der Waals surface area contributed by atoms with E-state index < -0.39 is 24.4 Å². The summed E-state index contributed by atoms with van der Waals surface area (Å²) in [6.45, 7) is 0. The zero-order chi connectivity index (χ0) is 10.1. The van der Waals surface area contributed by atoms with E-state index in [1.807, 2.05) is 0 Å². The second kappa shape index (κ2) is 3.55. The molecule has 1 amide bonds. The zero-order valence-electron chi connectivity index (χ0n) is 7.10. The Morgan fingerprint density at radius 3 is 2.38 bits per heavy atom. The fraction of sp³-hybridized carbons (Fsp3) is 0.875. The second-order valence-corrected chi connectivity index (χ2v) is 3.60. The van der Waals surface area contributed by atoms with E-state index in [0.29, 0.717) is 19.3 Å². The predicted molar refractivity (Wildman–Crippen MR) is 40.7 cm³/mol. The smallest absolute Gasteiger partial charge is 0.369 e. The molecule has 0 bridgehead atoms. The molecule has 2 N–H and O–H groups in total. The summed E-state index contributed by atoms with van der Waals surface area (Å²) in [5.41, 5.74) is 5.00. The first-order chi connectivity index (χ1) is 5.88. The van der Waals surface area contributed by atoms with Crippen LogP contribution in [0.5, 0.6) is 0 Å². The van der Waals surface area contributed by atoms with Crippen molar-refractivity contribution in [2.24, 2.45) is 17.6 Å². The normalized spacial score (nSPS) is 29.2. The number of carbonyl (C=O) groups is 1. The number of rotatable bonds is 2. The molecule has 0 aromatic carbocycles. The topological polar surface area (TPSA) is 43.1 Å². The van der Waals surface area contributed by atoms with Crippen LogP contribution < -0.4 is 5.73 Å². The summed E-state index contributed by atoms with van der Waals surface area (Å²) in [4.78, 5) is 10.7. The summed E-state index contributed by atoms with van der Waals surface area (Å²) < 4.78 is 35.8. The van der Waals surface area contributed by atoms with E-state index in [-0.39, 0.29) is 5.92 Å². The van der Waals surface area contributed by atoms with Gasteiger partial charge in [-0.25, -0.2) is 0 Å². The molecule has 2 atom stereocenters. The Bertz CT molecular complexity index is 202. The molecule has 13 heavy (non-hydrogen) atoms. The molecule has 1 rings (SSSR count). The number of primary amides is 1. The molecule has 76 valence electrons. The van der Waals surface area contributed by atoms with Crippen molar-refractivity contribution in [2.45, 2.75) is 31.9 Å². The predicted octanol–water partition coefficient (Wildman–Crippen LogP) is 1.84. The van der Waals surface area contributed by atoms with E-state index in [4.69, 9.17) is 5.73 Å². The number of nitrogens with two attached hydrogens (primary N) is 1. The third-order valence-corrected chi connectivity index (χ3v) is 2.46. The molecule has 5 heteroatoms. The molecule has 0 radical (unpaired) electrons. The lowest BCUT2D eigenvalue weighted by molar-refractivity contribution is -0.144. The highest BCUT2D eigenvalue weighted by atomic mass is 19.4. The number of alkyl halides is 3. The van der Waals surface area contributed by atoms with Crippen molar-refractivity contribution in [3.8, 4) is 0 Å². The maximum absolute atomic E-state index is 11.9. The highest BCUT2D eigenvalue weighted by Gasteiger charge is 2.37. The molecule has 0 heterocycles. The van der Waals surface area contributed by atoms with Crippen LogP contribution >= 0.6 is 0 Å². The van der Waals surface area contributed by atoms with Gasteiger partial charge in [-0.15, -0.1) is 0 Å². The Labute approximate surface area is 74.3 Å². The fourth-order valence-electron chi connectivity index (χ4n) is 1.85. The summed E-state index contributed by atoms with van der Waals surface area (Å²) >= 11 is 0. The molecule has 1 aliphatic rings. The van der Waals surface area contributed by atoms with Gasteiger partial charge in [0.2, 0.25) is 5.91 Å². The van der Waals surface area contributed by atoms with Crippen molar-refractivity contribution in [3.63, 3.8) is 0 Å². The van der Waals surface area contributed by atoms with E-state index in [0.717, 1.165) is 0 Å². The highest BCUT2D eigenvalue weighted by molar-refractivity contribution is 5.76. The molecule has 0 aliphatic heterocycles.